The summed E-state index contributed by atoms with van der Waals surface area (Å²) in [5, 5.41) is 12.2. The number of halogens is 3. The van der Waals surface area contributed by atoms with Crippen molar-refractivity contribution in [3.05, 3.63) is 52.7 Å². The second-order valence-electron chi connectivity index (χ2n) is 7.32. The van der Waals surface area contributed by atoms with E-state index in [1.807, 2.05) is 6.92 Å². The molecule has 2 N–H and O–H groups in total. The van der Waals surface area contributed by atoms with Crippen LogP contribution >= 0.6 is 0 Å². The van der Waals surface area contributed by atoms with Crippen molar-refractivity contribution < 1.29 is 17.9 Å². The predicted molar refractivity (Wildman–Crippen MR) is 105 cm³/mol. The number of rotatable bonds is 2. The molecule has 152 valence electrons. The number of aromatic nitrogens is 3. The van der Waals surface area contributed by atoms with Crippen molar-refractivity contribution in [3.63, 3.8) is 0 Å². The Morgan fingerprint density at radius 2 is 2.10 bits per heavy atom. The van der Waals surface area contributed by atoms with Crippen LogP contribution in [0.4, 0.5) is 13.2 Å². The monoisotopic (exact) mass is 411 g/mol. The minimum atomic E-state index is -4.46. The fourth-order valence-corrected chi connectivity index (χ4v) is 4.24. The highest BCUT2D eigenvalue weighted by Gasteiger charge is 2.45. The maximum atomic E-state index is 13.8. The first kappa shape index (κ1) is 18.5. The van der Waals surface area contributed by atoms with Gasteiger partial charge in [-0.3, -0.25) is 9.88 Å². The number of alkyl halides is 3. The maximum Gasteiger partial charge on any atom is 0.408 e. The summed E-state index contributed by atoms with van der Waals surface area (Å²) in [5.74, 6) is 0.679. The summed E-state index contributed by atoms with van der Waals surface area (Å²) >= 11 is 0. The minimum Gasteiger partial charge on any atom is -0.496 e. The molecule has 6 nitrogen and oxygen atoms in total. The summed E-state index contributed by atoms with van der Waals surface area (Å²) in [4.78, 5) is 7.76. The van der Waals surface area contributed by atoms with E-state index >= 15 is 0 Å². The van der Waals surface area contributed by atoms with Crippen molar-refractivity contribution in [2.24, 2.45) is 0 Å². The largest absolute Gasteiger partial charge is 0.496 e. The normalized spacial score (nSPS) is 16.2. The SMILES string of the molecule is COc1cc(C)c2c3c(cn2-c2nc4ccc(C#N)cc4[nH]2)CNC(C(F)(F)F)c13. The lowest BCUT2D eigenvalue weighted by atomic mass is 9.92. The number of methoxy groups -OCH3 is 1. The van der Waals surface area contributed by atoms with Gasteiger partial charge in [-0.05, 0) is 42.3 Å². The van der Waals surface area contributed by atoms with Crippen LogP contribution in [0.3, 0.4) is 0 Å². The molecule has 4 aromatic rings. The third-order valence-electron chi connectivity index (χ3n) is 5.50. The van der Waals surface area contributed by atoms with Gasteiger partial charge >= 0.3 is 6.18 Å². The first-order valence-electron chi connectivity index (χ1n) is 9.23. The average Bonchev–Trinajstić information content (AvgIpc) is 3.31. The van der Waals surface area contributed by atoms with Crippen LogP contribution in [0.2, 0.25) is 0 Å². The first-order chi connectivity index (χ1) is 14.3. The number of hydrogen-bond donors (Lipinski definition) is 2. The van der Waals surface area contributed by atoms with Crippen LogP contribution in [-0.2, 0) is 6.54 Å². The number of aromatic amines is 1. The Hall–Kier alpha value is -3.51. The summed E-state index contributed by atoms with van der Waals surface area (Å²) in [6.45, 7) is 1.91. The van der Waals surface area contributed by atoms with E-state index in [1.54, 1.807) is 35.0 Å². The second kappa shape index (κ2) is 6.24. The van der Waals surface area contributed by atoms with Gasteiger partial charge in [0.1, 0.15) is 11.8 Å². The number of nitrogens with zero attached hydrogens (tertiary/aromatic N) is 3. The lowest BCUT2D eigenvalue weighted by Gasteiger charge is -2.28. The van der Waals surface area contributed by atoms with E-state index in [-0.39, 0.29) is 17.9 Å². The Morgan fingerprint density at radius 3 is 2.80 bits per heavy atom. The van der Waals surface area contributed by atoms with Gasteiger partial charge in [-0.1, -0.05) is 0 Å². The molecule has 0 fully saturated rings. The molecule has 0 saturated heterocycles. The van der Waals surface area contributed by atoms with Gasteiger partial charge in [0, 0.05) is 23.7 Å². The van der Waals surface area contributed by atoms with E-state index < -0.39 is 12.2 Å². The predicted octanol–water partition coefficient (Wildman–Crippen LogP) is 4.40. The summed E-state index contributed by atoms with van der Waals surface area (Å²) in [6.07, 6.45) is -2.66. The molecule has 9 heteroatoms. The highest BCUT2D eigenvalue weighted by Crippen LogP contribution is 2.46. The lowest BCUT2D eigenvalue weighted by molar-refractivity contribution is -0.158. The molecule has 3 heterocycles. The number of fused-ring (bicyclic) bond motifs is 1. The van der Waals surface area contributed by atoms with Crippen molar-refractivity contribution in [1.29, 1.82) is 5.26 Å². The molecule has 0 amide bonds. The van der Waals surface area contributed by atoms with Crippen molar-refractivity contribution in [2.75, 3.05) is 7.11 Å². The van der Waals surface area contributed by atoms with Gasteiger partial charge in [0.2, 0.25) is 5.95 Å². The summed E-state index contributed by atoms with van der Waals surface area (Å²) < 4.78 is 48.4. The van der Waals surface area contributed by atoms with E-state index in [9.17, 15) is 13.2 Å². The molecule has 1 aliphatic heterocycles. The van der Waals surface area contributed by atoms with Gasteiger partial charge in [0.15, 0.2) is 0 Å². The zero-order valence-electron chi connectivity index (χ0n) is 16.1. The van der Waals surface area contributed by atoms with Crippen molar-refractivity contribution in [1.82, 2.24) is 19.9 Å². The molecule has 0 bridgehead atoms. The molecular weight excluding hydrogens is 395 g/mol. The molecule has 0 saturated carbocycles. The molecule has 30 heavy (non-hydrogen) atoms. The third kappa shape index (κ3) is 2.57. The topological polar surface area (TPSA) is 78.7 Å². The van der Waals surface area contributed by atoms with Crippen LogP contribution in [0.1, 0.15) is 28.3 Å². The van der Waals surface area contributed by atoms with Crippen molar-refractivity contribution in [2.45, 2.75) is 25.7 Å². The van der Waals surface area contributed by atoms with Crippen LogP contribution in [0, 0.1) is 18.3 Å². The minimum absolute atomic E-state index is 0.0755. The molecular formula is C21H16F3N5O. The molecule has 5 rings (SSSR count). The van der Waals surface area contributed by atoms with Gasteiger partial charge in [0.25, 0.3) is 0 Å². The zero-order valence-corrected chi connectivity index (χ0v) is 16.1. The van der Waals surface area contributed by atoms with Gasteiger partial charge in [-0.25, -0.2) is 4.98 Å². The van der Waals surface area contributed by atoms with Crippen LogP contribution in [-0.4, -0.2) is 27.8 Å². The van der Waals surface area contributed by atoms with Gasteiger partial charge in [-0.2, -0.15) is 18.4 Å². The molecule has 0 radical (unpaired) electrons. The van der Waals surface area contributed by atoms with Crippen LogP contribution in [0.15, 0.2) is 30.5 Å². The lowest BCUT2D eigenvalue weighted by Crippen LogP contribution is -2.36. The number of ether oxygens (including phenoxy) is 1. The number of nitriles is 1. The van der Waals surface area contributed by atoms with E-state index in [0.29, 0.717) is 33.4 Å². The van der Waals surface area contributed by atoms with Gasteiger partial charge in [-0.15, -0.1) is 0 Å². The number of benzene rings is 2. The van der Waals surface area contributed by atoms with E-state index in [2.05, 4.69) is 21.4 Å². The molecule has 2 aromatic carbocycles. The molecule has 1 atom stereocenters. The summed E-state index contributed by atoms with van der Waals surface area (Å²) in [5.41, 5.74) is 4.09. The average molecular weight is 411 g/mol. The van der Waals surface area contributed by atoms with E-state index in [0.717, 1.165) is 11.1 Å². The standard InChI is InChI=1S/C21H16F3N5O/c1-10-5-15(30-2)17-16-12(8-26-19(17)21(22,23)24)9-29(18(10)16)20-27-13-4-3-11(7-25)6-14(13)28-20/h3-6,9,19,26H,8H2,1-2H3,(H,27,28). The molecule has 1 aliphatic rings. The van der Waals surface area contributed by atoms with Gasteiger partial charge < -0.3 is 9.72 Å². The van der Waals surface area contributed by atoms with E-state index in [4.69, 9.17) is 10.00 Å². The van der Waals surface area contributed by atoms with Crippen molar-refractivity contribution in [3.8, 4) is 17.8 Å². The molecule has 0 aliphatic carbocycles. The fourth-order valence-electron chi connectivity index (χ4n) is 4.24. The smallest absolute Gasteiger partial charge is 0.408 e. The number of hydrogen-bond acceptors (Lipinski definition) is 4. The second-order valence-corrected chi connectivity index (χ2v) is 7.32. The van der Waals surface area contributed by atoms with Crippen LogP contribution < -0.4 is 10.1 Å². The highest BCUT2D eigenvalue weighted by atomic mass is 19.4. The molecule has 1 unspecified atom stereocenters. The zero-order chi connectivity index (χ0) is 21.2. The number of nitrogens with one attached hydrogen (secondary N) is 2. The van der Waals surface area contributed by atoms with Crippen molar-refractivity contribution >= 4 is 21.9 Å². The number of H-pyrrole nitrogens is 1. The molecule has 2 aromatic heterocycles. The Morgan fingerprint density at radius 1 is 1.30 bits per heavy atom. The Labute approximate surface area is 168 Å². The fraction of sp³-hybridized carbons (Fsp3) is 0.238. The Kier molecular flexibility index (Phi) is 3.85. The summed E-state index contributed by atoms with van der Waals surface area (Å²) in [6, 6.07) is 7.00. The van der Waals surface area contributed by atoms with Crippen LogP contribution in [0.25, 0.3) is 27.9 Å². The maximum absolute atomic E-state index is 13.8. The van der Waals surface area contributed by atoms with Gasteiger partial charge in [0.05, 0.1) is 35.3 Å². The number of aryl methyl sites for hydroxylation is 1. The molecule has 0 spiro atoms. The third-order valence-corrected chi connectivity index (χ3v) is 5.50. The Bertz CT molecular complexity index is 1360. The Balaban J connectivity index is 1.81. The first-order valence-corrected chi connectivity index (χ1v) is 9.23. The summed E-state index contributed by atoms with van der Waals surface area (Å²) in [7, 11) is 1.38. The van der Waals surface area contributed by atoms with E-state index in [1.165, 1.54) is 7.11 Å². The quantitative estimate of drug-likeness (QED) is 0.512. The highest BCUT2D eigenvalue weighted by molar-refractivity contribution is 5.94. The van der Waals surface area contributed by atoms with Crippen LogP contribution in [0.5, 0.6) is 5.75 Å². The number of imidazole rings is 1.